The van der Waals surface area contributed by atoms with Crippen LogP contribution < -0.4 is 19.6 Å². The molecule has 0 aliphatic heterocycles. The van der Waals surface area contributed by atoms with Crippen molar-refractivity contribution in [2.75, 3.05) is 20.8 Å². The zero-order valence-corrected chi connectivity index (χ0v) is 18.9. The van der Waals surface area contributed by atoms with E-state index in [0.717, 1.165) is 11.1 Å². The lowest BCUT2D eigenvalue weighted by molar-refractivity contribution is 0.0920. The molecule has 0 aliphatic carbocycles. The Morgan fingerprint density at radius 2 is 1.58 bits per heavy atom. The maximum Gasteiger partial charge on any atom is 0.235 e. The van der Waals surface area contributed by atoms with Gasteiger partial charge in [-0.1, -0.05) is 30.3 Å². The minimum atomic E-state index is -0.337. The highest BCUT2D eigenvalue weighted by atomic mass is 16.5. The number of hydrogen-bond acceptors (Lipinski definition) is 6. The molecule has 0 unspecified atom stereocenters. The lowest BCUT2D eigenvalue weighted by Gasteiger charge is -2.13. The molecule has 33 heavy (non-hydrogen) atoms. The molecule has 1 aromatic heterocycles. The summed E-state index contributed by atoms with van der Waals surface area (Å²) in [6.07, 6.45) is 0. The van der Waals surface area contributed by atoms with Crippen LogP contribution in [0.25, 0.3) is 22.3 Å². The van der Waals surface area contributed by atoms with Crippen molar-refractivity contribution in [1.29, 1.82) is 0 Å². The Balaban J connectivity index is 1.75. The molecule has 0 radical (unpaired) electrons. The van der Waals surface area contributed by atoms with Gasteiger partial charge >= 0.3 is 0 Å². The molecular formula is C27H24O6. The zero-order valence-electron chi connectivity index (χ0n) is 18.9. The van der Waals surface area contributed by atoms with Crippen LogP contribution in [0, 0.1) is 13.8 Å². The first-order chi connectivity index (χ1) is 15.9. The Kier molecular flexibility index (Phi) is 6.18. The number of Topliss-reactive ketones (excluding diaryl/α,β-unsaturated/α-hetero) is 1. The Morgan fingerprint density at radius 1 is 0.879 bits per heavy atom. The van der Waals surface area contributed by atoms with Gasteiger partial charge < -0.3 is 18.6 Å². The van der Waals surface area contributed by atoms with Crippen molar-refractivity contribution in [3.05, 3.63) is 87.6 Å². The minimum Gasteiger partial charge on any atom is -0.493 e. The highest BCUT2D eigenvalue weighted by Gasteiger charge is 2.20. The molecule has 0 aliphatic rings. The molecule has 0 spiro atoms. The average Bonchev–Trinajstić information content (AvgIpc) is 2.84. The van der Waals surface area contributed by atoms with E-state index in [2.05, 4.69) is 0 Å². The molecule has 0 amide bonds. The van der Waals surface area contributed by atoms with Gasteiger partial charge in [-0.3, -0.25) is 9.59 Å². The fourth-order valence-electron chi connectivity index (χ4n) is 3.57. The van der Waals surface area contributed by atoms with E-state index in [9.17, 15) is 9.59 Å². The number of rotatable bonds is 7. The molecule has 4 aromatic rings. The molecule has 0 N–H and O–H groups in total. The topological polar surface area (TPSA) is 75.0 Å². The van der Waals surface area contributed by atoms with Gasteiger partial charge in [0.2, 0.25) is 11.2 Å². The first-order valence-electron chi connectivity index (χ1n) is 10.4. The molecule has 168 valence electrons. The minimum absolute atomic E-state index is 0.00535. The molecule has 0 atom stereocenters. The van der Waals surface area contributed by atoms with E-state index in [1.54, 1.807) is 24.3 Å². The normalized spacial score (nSPS) is 10.8. The van der Waals surface area contributed by atoms with Crippen molar-refractivity contribution < 1.29 is 23.4 Å². The van der Waals surface area contributed by atoms with Crippen molar-refractivity contribution in [2.24, 2.45) is 0 Å². The Bertz CT molecular complexity index is 1390. The smallest absolute Gasteiger partial charge is 0.235 e. The van der Waals surface area contributed by atoms with Crippen molar-refractivity contribution in [1.82, 2.24) is 0 Å². The molecule has 1 heterocycles. The van der Waals surface area contributed by atoms with Gasteiger partial charge in [0.1, 0.15) is 5.58 Å². The lowest BCUT2D eigenvalue weighted by Crippen LogP contribution is -2.17. The van der Waals surface area contributed by atoms with Crippen LogP contribution in [-0.2, 0) is 0 Å². The quantitative estimate of drug-likeness (QED) is 0.358. The first-order valence-corrected chi connectivity index (χ1v) is 10.4. The third-order valence-electron chi connectivity index (χ3n) is 5.55. The van der Waals surface area contributed by atoms with Crippen LogP contribution in [0.1, 0.15) is 21.5 Å². The van der Waals surface area contributed by atoms with Gasteiger partial charge in [0, 0.05) is 11.1 Å². The standard InChI is InChI=1S/C27H24O6/c1-16-12-20-23(13-17(16)2)33-26(18-8-6-5-7-9-18)27(25(20)29)32-15-21(28)19-10-11-22(30-3)24(14-19)31-4/h5-14H,15H2,1-4H3. The van der Waals surface area contributed by atoms with E-state index in [1.165, 1.54) is 14.2 Å². The molecule has 0 fully saturated rings. The summed E-state index contributed by atoms with van der Waals surface area (Å²) in [6, 6.07) is 17.7. The highest BCUT2D eigenvalue weighted by molar-refractivity contribution is 5.98. The number of carbonyl (C=O) groups is 1. The van der Waals surface area contributed by atoms with Crippen molar-refractivity contribution in [3.8, 4) is 28.6 Å². The first kappa shape index (κ1) is 22.1. The molecular weight excluding hydrogens is 420 g/mol. The average molecular weight is 444 g/mol. The molecule has 0 saturated heterocycles. The van der Waals surface area contributed by atoms with Gasteiger partial charge in [0.05, 0.1) is 19.6 Å². The third kappa shape index (κ3) is 4.32. The lowest BCUT2D eigenvalue weighted by atomic mass is 10.0. The largest absolute Gasteiger partial charge is 0.493 e. The van der Waals surface area contributed by atoms with E-state index in [0.29, 0.717) is 33.6 Å². The highest BCUT2D eigenvalue weighted by Crippen LogP contribution is 2.32. The number of hydrogen-bond donors (Lipinski definition) is 0. The summed E-state index contributed by atoms with van der Waals surface area (Å²) in [5.74, 6) is 0.934. The summed E-state index contributed by atoms with van der Waals surface area (Å²) in [6.45, 7) is 3.56. The van der Waals surface area contributed by atoms with Crippen LogP contribution in [0.15, 0.2) is 69.9 Å². The Hall–Kier alpha value is -4.06. The van der Waals surface area contributed by atoms with Crippen LogP contribution in [0.3, 0.4) is 0 Å². The van der Waals surface area contributed by atoms with E-state index >= 15 is 0 Å². The number of methoxy groups -OCH3 is 2. The number of ether oxygens (including phenoxy) is 3. The number of ketones is 1. The predicted molar refractivity (Wildman–Crippen MR) is 127 cm³/mol. The molecule has 0 bridgehead atoms. The second-order valence-corrected chi connectivity index (χ2v) is 7.67. The number of fused-ring (bicyclic) bond motifs is 1. The van der Waals surface area contributed by atoms with E-state index in [4.69, 9.17) is 18.6 Å². The van der Waals surface area contributed by atoms with Crippen molar-refractivity contribution in [3.63, 3.8) is 0 Å². The van der Waals surface area contributed by atoms with Gasteiger partial charge in [-0.15, -0.1) is 0 Å². The SMILES string of the molecule is COc1ccc(C(=O)COc2c(-c3ccccc3)oc3cc(C)c(C)cc3c2=O)cc1OC. The van der Waals surface area contributed by atoms with Crippen molar-refractivity contribution >= 4 is 16.8 Å². The Labute approximate surface area is 191 Å². The summed E-state index contributed by atoms with van der Waals surface area (Å²) < 4.78 is 22.4. The summed E-state index contributed by atoms with van der Waals surface area (Å²) in [7, 11) is 3.02. The number of aryl methyl sites for hydroxylation is 2. The summed E-state index contributed by atoms with van der Waals surface area (Å²) in [5.41, 5.74) is 3.20. The summed E-state index contributed by atoms with van der Waals surface area (Å²) in [4.78, 5) is 26.2. The zero-order chi connectivity index (χ0) is 23.5. The fourth-order valence-corrected chi connectivity index (χ4v) is 3.57. The molecule has 4 rings (SSSR count). The fraction of sp³-hybridized carbons (Fsp3) is 0.185. The van der Waals surface area contributed by atoms with Gasteiger partial charge in [-0.05, 0) is 55.3 Å². The van der Waals surface area contributed by atoms with E-state index in [-0.39, 0.29) is 29.3 Å². The van der Waals surface area contributed by atoms with Crippen LogP contribution in [0.2, 0.25) is 0 Å². The summed E-state index contributed by atoms with van der Waals surface area (Å²) in [5, 5.41) is 0.409. The second kappa shape index (κ2) is 9.20. The van der Waals surface area contributed by atoms with Crippen LogP contribution in [0.4, 0.5) is 0 Å². The second-order valence-electron chi connectivity index (χ2n) is 7.67. The van der Waals surface area contributed by atoms with Gasteiger partial charge in [-0.2, -0.15) is 0 Å². The van der Waals surface area contributed by atoms with Crippen LogP contribution in [-0.4, -0.2) is 26.6 Å². The maximum atomic E-state index is 13.4. The van der Waals surface area contributed by atoms with Gasteiger partial charge in [-0.25, -0.2) is 0 Å². The third-order valence-corrected chi connectivity index (χ3v) is 5.55. The number of carbonyl (C=O) groups excluding carboxylic acids is 1. The van der Waals surface area contributed by atoms with Crippen LogP contribution in [0.5, 0.6) is 17.2 Å². The van der Waals surface area contributed by atoms with E-state index < -0.39 is 0 Å². The Morgan fingerprint density at radius 3 is 2.27 bits per heavy atom. The maximum absolute atomic E-state index is 13.4. The van der Waals surface area contributed by atoms with Crippen LogP contribution >= 0.6 is 0 Å². The number of benzene rings is 3. The molecule has 6 heteroatoms. The van der Waals surface area contributed by atoms with E-state index in [1.807, 2.05) is 50.2 Å². The summed E-state index contributed by atoms with van der Waals surface area (Å²) >= 11 is 0. The van der Waals surface area contributed by atoms with Gasteiger partial charge in [0.25, 0.3) is 0 Å². The predicted octanol–water partition coefficient (Wildman–Crippen LogP) is 5.36. The molecule has 6 nitrogen and oxygen atoms in total. The monoisotopic (exact) mass is 444 g/mol. The van der Waals surface area contributed by atoms with Crippen molar-refractivity contribution in [2.45, 2.75) is 13.8 Å². The van der Waals surface area contributed by atoms with Gasteiger partial charge in [0.15, 0.2) is 29.6 Å². The molecule has 3 aromatic carbocycles. The molecule has 0 saturated carbocycles.